The minimum Gasteiger partial charge on any atom is -0.496 e. The first-order valence-corrected chi connectivity index (χ1v) is 9.75. The van der Waals surface area contributed by atoms with Gasteiger partial charge in [0.1, 0.15) is 17.2 Å². The van der Waals surface area contributed by atoms with E-state index in [1.165, 1.54) is 0 Å². The van der Waals surface area contributed by atoms with E-state index in [2.05, 4.69) is 15.6 Å². The van der Waals surface area contributed by atoms with Crippen molar-refractivity contribution in [2.45, 2.75) is 20.4 Å². The Balaban J connectivity index is 0.00000480. The number of rotatable bonds is 10. The van der Waals surface area contributed by atoms with Gasteiger partial charge in [0.05, 0.1) is 47.2 Å². The van der Waals surface area contributed by atoms with E-state index in [9.17, 15) is 0 Å². The summed E-state index contributed by atoms with van der Waals surface area (Å²) >= 11 is 0. The topological polar surface area (TPSA) is 82.6 Å². The van der Waals surface area contributed by atoms with Crippen molar-refractivity contribution >= 4 is 35.6 Å². The molecule has 0 aromatic heterocycles. The summed E-state index contributed by atoms with van der Waals surface area (Å²) < 4.78 is 27.3. The predicted molar refractivity (Wildman–Crippen MR) is 134 cm³/mol. The van der Waals surface area contributed by atoms with Crippen molar-refractivity contribution < 1.29 is 23.7 Å². The van der Waals surface area contributed by atoms with Crippen molar-refractivity contribution in [1.29, 1.82) is 0 Å². The lowest BCUT2D eigenvalue weighted by atomic mass is 10.1. The zero-order valence-corrected chi connectivity index (χ0v) is 21.2. The summed E-state index contributed by atoms with van der Waals surface area (Å²) in [6.45, 7) is 5.56. The number of nitrogens with one attached hydrogen (secondary N) is 2. The first-order valence-electron chi connectivity index (χ1n) is 9.75. The molecule has 0 spiro atoms. The van der Waals surface area contributed by atoms with E-state index >= 15 is 0 Å². The fraction of sp³-hybridized carbons (Fsp3) is 0.409. The molecule has 0 aliphatic heterocycles. The van der Waals surface area contributed by atoms with E-state index < -0.39 is 0 Å². The molecule has 2 aromatic rings. The van der Waals surface area contributed by atoms with Crippen LogP contribution in [0.2, 0.25) is 0 Å². The standard InChI is InChI=1S/C22H31N3O5.HI/c1-7-23-22(25-15-9-10-18(30-8-2)21(11-15)29-6)24-14-17-19(27-4)12-16(26-3)13-20(17)28-5;/h9-13H,7-8,14H2,1-6H3,(H2,23,24,25);1H. The largest absolute Gasteiger partial charge is 0.496 e. The average molecular weight is 545 g/mol. The van der Waals surface area contributed by atoms with E-state index in [-0.39, 0.29) is 24.0 Å². The number of benzene rings is 2. The molecule has 0 saturated heterocycles. The molecule has 0 fully saturated rings. The van der Waals surface area contributed by atoms with Crippen LogP contribution in [0.3, 0.4) is 0 Å². The number of nitrogens with zero attached hydrogens (tertiary/aromatic N) is 1. The summed E-state index contributed by atoms with van der Waals surface area (Å²) in [5, 5.41) is 6.53. The van der Waals surface area contributed by atoms with Gasteiger partial charge in [0.2, 0.25) is 0 Å². The fourth-order valence-corrected chi connectivity index (χ4v) is 2.86. The molecule has 2 rings (SSSR count). The molecule has 0 atom stereocenters. The molecule has 0 amide bonds. The highest BCUT2D eigenvalue weighted by molar-refractivity contribution is 14.0. The van der Waals surface area contributed by atoms with Crippen LogP contribution < -0.4 is 34.3 Å². The van der Waals surface area contributed by atoms with E-state index in [4.69, 9.17) is 23.7 Å². The van der Waals surface area contributed by atoms with Crippen LogP contribution in [0.5, 0.6) is 28.7 Å². The molecule has 0 saturated carbocycles. The van der Waals surface area contributed by atoms with Crippen LogP contribution in [0.25, 0.3) is 0 Å². The van der Waals surface area contributed by atoms with Crippen molar-refractivity contribution in [2.75, 3.05) is 46.9 Å². The van der Waals surface area contributed by atoms with Gasteiger partial charge in [-0.3, -0.25) is 0 Å². The molecule has 0 aliphatic rings. The van der Waals surface area contributed by atoms with Crippen LogP contribution in [0, 0.1) is 0 Å². The van der Waals surface area contributed by atoms with Crippen molar-refractivity contribution in [3.8, 4) is 28.7 Å². The number of hydrogen-bond acceptors (Lipinski definition) is 6. The van der Waals surface area contributed by atoms with Gasteiger partial charge >= 0.3 is 0 Å². The average Bonchev–Trinajstić information content (AvgIpc) is 2.78. The van der Waals surface area contributed by atoms with Gasteiger partial charge < -0.3 is 34.3 Å². The smallest absolute Gasteiger partial charge is 0.196 e. The van der Waals surface area contributed by atoms with Crippen molar-refractivity contribution in [3.63, 3.8) is 0 Å². The Labute approximate surface area is 201 Å². The van der Waals surface area contributed by atoms with E-state index in [1.807, 2.05) is 44.2 Å². The predicted octanol–water partition coefficient (Wildman–Crippen LogP) is 4.32. The van der Waals surface area contributed by atoms with Crippen LogP contribution in [0.1, 0.15) is 19.4 Å². The Bertz CT molecular complexity index is 836. The zero-order valence-electron chi connectivity index (χ0n) is 18.9. The van der Waals surface area contributed by atoms with Crippen LogP contribution in [-0.2, 0) is 6.54 Å². The third-order valence-corrected chi connectivity index (χ3v) is 4.28. The first-order chi connectivity index (χ1) is 14.6. The zero-order chi connectivity index (χ0) is 21.9. The lowest BCUT2D eigenvalue weighted by molar-refractivity contribution is 0.311. The summed E-state index contributed by atoms with van der Waals surface area (Å²) in [5.41, 5.74) is 1.64. The minimum absolute atomic E-state index is 0. The molecular formula is C22H32IN3O5. The maximum Gasteiger partial charge on any atom is 0.196 e. The number of ether oxygens (including phenoxy) is 5. The Morgan fingerprint density at radius 1 is 0.839 bits per heavy atom. The van der Waals surface area contributed by atoms with Crippen molar-refractivity contribution in [1.82, 2.24) is 5.32 Å². The SMILES string of the molecule is CCNC(=NCc1c(OC)cc(OC)cc1OC)Nc1ccc(OCC)c(OC)c1.I. The van der Waals surface area contributed by atoms with Crippen molar-refractivity contribution in [2.24, 2.45) is 4.99 Å². The second-order valence-electron chi connectivity index (χ2n) is 6.13. The van der Waals surface area contributed by atoms with E-state index in [0.29, 0.717) is 54.4 Å². The van der Waals surface area contributed by atoms with Gasteiger partial charge in [0.25, 0.3) is 0 Å². The van der Waals surface area contributed by atoms with Crippen LogP contribution in [0.4, 0.5) is 5.69 Å². The number of anilines is 1. The fourth-order valence-electron chi connectivity index (χ4n) is 2.86. The number of aliphatic imine (C=N–C) groups is 1. The molecule has 9 heteroatoms. The Hall–Kier alpha value is -2.56. The van der Waals surface area contributed by atoms with E-state index in [0.717, 1.165) is 11.3 Å². The second-order valence-corrected chi connectivity index (χ2v) is 6.13. The normalized spacial score (nSPS) is 10.6. The summed E-state index contributed by atoms with van der Waals surface area (Å²) in [7, 11) is 6.43. The van der Waals surface area contributed by atoms with Gasteiger partial charge in [-0.1, -0.05) is 0 Å². The van der Waals surface area contributed by atoms with Crippen LogP contribution >= 0.6 is 24.0 Å². The summed E-state index contributed by atoms with van der Waals surface area (Å²) in [6.07, 6.45) is 0. The Morgan fingerprint density at radius 3 is 2.00 bits per heavy atom. The molecule has 8 nitrogen and oxygen atoms in total. The van der Waals surface area contributed by atoms with Gasteiger partial charge in [-0.15, -0.1) is 24.0 Å². The first kappa shape index (κ1) is 26.5. The van der Waals surface area contributed by atoms with Crippen LogP contribution in [0.15, 0.2) is 35.3 Å². The molecule has 0 radical (unpaired) electrons. The van der Waals surface area contributed by atoms with Crippen molar-refractivity contribution in [3.05, 3.63) is 35.9 Å². The molecule has 0 bridgehead atoms. The second kappa shape index (κ2) is 13.7. The van der Waals surface area contributed by atoms with Crippen LogP contribution in [-0.4, -0.2) is 47.6 Å². The Kier molecular flexibility index (Phi) is 11.7. The molecule has 0 unspecified atom stereocenters. The summed E-state index contributed by atoms with van der Waals surface area (Å²) in [6, 6.07) is 9.27. The van der Waals surface area contributed by atoms with Gasteiger partial charge in [0.15, 0.2) is 17.5 Å². The van der Waals surface area contributed by atoms with Gasteiger partial charge in [-0.2, -0.15) is 0 Å². The number of halogens is 1. The van der Waals surface area contributed by atoms with Gasteiger partial charge in [0, 0.05) is 30.4 Å². The summed E-state index contributed by atoms with van der Waals surface area (Å²) in [5.74, 6) is 3.91. The maximum absolute atomic E-state index is 5.57. The highest BCUT2D eigenvalue weighted by Gasteiger charge is 2.14. The molecule has 2 N–H and O–H groups in total. The Morgan fingerprint density at radius 2 is 1.48 bits per heavy atom. The van der Waals surface area contributed by atoms with Gasteiger partial charge in [-0.05, 0) is 26.0 Å². The van der Waals surface area contributed by atoms with Gasteiger partial charge in [-0.25, -0.2) is 4.99 Å². The highest BCUT2D eigenvalue weighted by Crippen LogP contribution is 2.34. The molecule has 172 valence electrons. The molecule has 0 aliphatic carbocycles. The lowest BCUT2D eigenvalue weighted by Gasteiger charge is -2.16. The number of hydrogen-bond donors (Lipinski definition) is 2. The maximum atomic E-state index is 5.57. The number of guanidine groups is 1. The quantitative estimate of drug-likeness (QED) is 0.262. The minimum atomic E-state index is 0. The molecular weight excluding hydrogens is 513 g/mol. The summed E-state index contributed by atoms with van der Waals surface area (Å²) in [4.78, 5) is 4.69. The lowest BCUT2D eigenvalue weighted by Crippen LogP contribution is -2.30. The molecule has 0 heterocycles. The van der Waals surface area contributed by atoms with E-state index in [1.54, 1.807) is 28.4 Å². The highest BCUT2D eigenvalue weighted by atomic mass is 127. The third-order valence-electron chi connectivity index (χ3n) is 4.28. The molecule has 2 aromatic carbocycles. The molecule has 31 heavy (non-hydrogen) atoms. The number of methoxy groups -OCH3 is 4. The third kappa shape index (κ3) is 7.27. The monoisotopic (exact) mass is 545 g/mol.